The number of carboxylic acids is 1. The van der Waals surface area contributed by atoms with Gasteiger partial charge in [-0.25, -0.2) is 14.6 Å². The third-order valence-corrected chi connectivity index (χ3v) is 7.90. The van der Waals surface area contributed by atoms with Crippen molar-refractivity contribution in [1.82, 2.24) is 14.5 Å². The predicted octanol–water partition coefficient (Wildman–Crippen LogP) is 7.01. The van der Waals surface area contributed by atoms with Crippen molar-refractivity contribution >= 4 is 34.9 Å². The van der Waals surface area contributed by atoms with Crippen molar-refractivity contribution in [2.45, 2.75) is 90.3 Å². The first-order chi connectivity index (χ1) is 17.2. The summed E-state index contributed by atoms with van der Waals surface area (Å²) in [6.45, 7) is 9.80. The number of para-hydroxylation sites is 2. The number of carbonyl (C=O) groups excluding carboxylic acids is 1. The summed E-state index contributed by atoms with van der Waals surface area (Å²) in [5.41, 5.74) is 1.15. The number of ether oxygens (including phenoxy) is 1. The van der Waals surface area contributed by atoms with Gasteiger partial charge in [-0.3, -0.25) is 0 Å². The zero-order valence-electron chi connectivity index (χ0n) is 22.4. The van der Waals surface area contributed by atoms with Crippen molar-refractivity contribution in [2.24, 2.45) is 11.3 Å². The number of hydrogen-bond acceptors (Lipinski definition) is 5. The highest BCUT2D eigenvalue weighted by atomic mass is 32.2. The average molecular weight is 518 g/mol. The van der Waals surface area contributed by atoms with Crippen LogP contribution in [0.15, 0.2) is 29.4 Å². The summed E-state index contributed by atoms with van der Waals surface area (Å²) in [7, 11) is 0. The van der Waals surface area contributed by atoms with Crippen molar-refractivity contribution in [3.05, 3.63) is 24.3 Å². The van der Waals surface area contributed by atoms with Crippen molar-refractivity contribution in [3.63, 3.8) is 0 Å². The van der Waals surface area contributed by atoms with Crippen LogP contribution in [0.5, 0.6) is 0 Å². The molecular formula is C28H43N3O4S. The number of aliphatic carboxylic acids is 1. The van der Waals surface area contributed by atoms with Crippen molar-refractivity contribution in [1.29, 1.82) is 0 Å². The molecule has 7 nitrogen and oxygen atoms in total. The Morgan fingerprint density at radius 3 is 2.58 bits per heavy atom. The van der Waals surface area contributed by atoms with Crippen LogP contribution < -0.4 is 0 Å². The molecule has 0 saturated heterocycles. The Labute approximate surface area is 220 Å². The number of aromatic nitrogens is 2. The SMILES string of the molecule is CCCCOC(=O)N(CCCSc1nc2ccccc2n1C(C(=O)O)C(C)(C)C)CC1CCCCC1. The second-order valence-corrected chi connectivity index (χ2v) is 12.0. The number of hydrogen-bond donors (Lipinski definition) is 1. The Bertz CT molecular complexity index is 994. The minimum atomic E-state index is -0.860. The lowest BCUT2D eigenvalue weighted by molar-refractivity contribution is -0.144. The lowest BCUT2D eigenvalue weighted by Crippen LogP contribution is -2.37. The van der Waals surface area contributed by atoms with Gasteiger partial charge in [0.1, 0.15) is 6.04 Å². The minimum Gasteiger partial charge on any atom is -0.480 e. The first-order valence-electron chi connectivity index (χ1n) is 13.5. The van der Waals surface area contributed by atoms with Crippen molar-refractivity contribution in [3.8, 4) is 0 Å². The maximum atomic E-state index is 12.8. The minimum absolute atomic E-state index is 0.204. The largest absolute Gasteiger partial charge is 0.480 e. The van der Waals surface area contributed by atoms with E-state index in [1.54, 1.807) is 11.8 Å². The smallest absolute Gasteiger partial charge is 0.409 e. The van der Waals surface area contributed by atoms with E-state index in [-0.39, 0.29) is 6.09 Å². The third-order valence-electron chi connectivity index (χ3n) is 6.86. The highest BCUT2D eigenvalue weighted by Crippen LogP contribution is 2.37. The molecule has 200 valence electrons. The van der Waals surface area contributed by atoms with Crippen LogP contribution in [0.1, 0.15) is 85.1 Å². The van der Waals surface area contributed by atoms with E-state index >= 15 is 0 Å². The topological polar surface area (TPSA) is 84.7 Å². The molecule has 0 radical (unpaired) electrons. The van der Waals surface area contributed by atoms with Crippen molar-refractivity contribution < 1.29 is 19.4 Å². The van der Waals surface area contributed by atoms with Crippen LogP contribution >= 0.6 is 11.8 Å². The van der Waals surface area contributed by atoms with Crippen LogP contribution in [0.25, 0.3) is 11.0 Å². The van der Waals surface area contributed by atoms with Gasteiger partial charge in [0.05, 0.1) is 17.6 Å². The van der Waals surface area contributed by atoms with E-state index in [9.17, 15) is 14.7 Å². The number of nitrogens with zero attached hydrogens (tertiary/aromatic N) is 3. The van der Waals surface area contributed by atoms with Crippen LogP contribution in [-0.2, 0) is 9.53 Å². The fourth-order valence-electron chi connectivity index (χ4n) is 4.99. The summed E-state index contributed by atoms with van der Waals surface area (Å²) in [6, 6.07) is 6.98. The van der Waals surface area contributed by atoms with Crippen LogP contribution in [-0.4, -0.2) is 57.1 Å². The Hall–Kier alpha value is -2.22. The van der Waals surface area contributed by atoms with Crippen LogP contribution in [0, 0.1) is 11.3 Å². The molecule has 36 heavy (non-hydrogen) atoms. The summed E-state index contributed by atoms with van der Waals surface area (Å²) in [5.74, 6) is 0.432. The van der Waals surface area contributed by atoms with Crippen LogP contribution in [0.4, 0.5) is 4.79 Å². The molecule has 8 heteroatoms. The molecule has 0 spiro atoms. The average Bonchev–Trinajstić information content (AvgIpc) is 3.18. The molecule has 0 aliphatic heterocycles. The number of carbonyl (C=O) groups is 2. The summed E-state index contributed by atoms with van der Waals surface area (Å²) >= 11 is 1.57. The van der Waals surface area contributed by atoms with E-state index in [1.165, 1.54) is 32.1 Å². The number of carboxylic acid groups (broad SMARTS) is 1. The molecule has 1 saturated carbocycles. The molecule has 1 aromatic heterocycles. The van der Waals surface area contributed by atoms with Gasteiger partial charge in [0.15, 0.2) is 5.16 Å². The van der Waals surface area contributed by atoms with E-state index < -0.39 is 17.4 Å². The molecular weight excluding hydrogens is 474 g/mol. The normalized spacial score (nSPS) is 15.7. The molecule has 2 aromatic rings. The predicted molar refractivity (Wildman–Crippen MR) is 146 cm³/mol. The summed E-state index contributed by atoms with van der Waals surface area (Å²) in [5, 5.41) is 10.8. The number of thioether (sulfide) groups is 1. The van der Waals surface area contributed by atoms with Gasteiger partial charge in [-0.15, -0.1) is 0 Å². The molecule has 1 amide bonds. The molecule has 1 fully saturated rings. The van der Waals surface area contributed by atoms with Gasteiger partial charge >= 0.3 is 12.1 Å². The first-order valence-corrected chi connectivity index (χ1v) is 14.4. The quantitative estimate of drug-likeness (QED) is 0.241. The molecule has 0 bridgehead atoms. The Kier molecular flexibility index (Phi) is 10.5. The molecule has 3 rings (SSSR count). The lowest BCUT2D eigenvalue weighted by Gasteiger charge is -2.30. The number of imidazole rings is 1. The standard InChI is InChI=1S/C28H43N3O4S/c1-5-6-18-35-27(34)30(20-21-13-8-7-9-14-21)17-12-19-36-26-29-22-15-10-11-16-23(22)31(26)24(25(32)33)28(2,3)4/h10-11,15-16,21,24H,5-9,12-14,17-20H2,1-4H3,(H,32,33). The second-order valence-electron chi connectivity index (χ2n) is 11.0. The lowest BCUT2D eigenvalue weighted by atomic mass is 9.86. The second kappa shape index (κ2) is 13.4. The Balaban J connectivity index is 1.69. The fraction of sp³-hybridized carbons (Fsp3) is 0.679. The molecule has 1 unspecified atom stereocenters. The number of unbranched alkanes of at least 4 members (excludes halogenated alkanes) is 1. The highest BCUT2D eigenvalue weighted by Gasteiger charge is 2.35. The van der Waals surface area contributed by atoms with Gasteiger partial charge in [-0.1, -0.05) is 77.3 Å². The maximum Gasteiger partial charge on any atom is 0.409 e. The van der Waals surface area contributed by atoms with Gasteiger partial charge in [-0.2, -0.15) is 0 Å². The fourth-order valence-corrected chi connectivity index (χ4v) is 5.96. The Morgan fingerprint density at radius 2 is 1.92 bits per heavy atom. The summed E-state index contributed by atoms with van der Waals surface area (Å²) < 4.78 is 7.43. The zero-order valence-corrected chi connectivity index (χ0v) is 23.2. The molecule has 1 atom stereocenters. The third kappa shape index (κ3) is 7.64. The van der Waals surface area contributed by atoms with Gasteiger partial charge in [0, 0.05) is 18.8 Å². The van der Waals surface area contributed by atoms with Crippen molar-refractivity contribution in [2.75, 3.05) is 25.4 Å². The Morgan fingerprint density at radius 1 is 1.19 bits per heavy atom. The molecule has 1 heterocycles. The maximum absolute atomic E-state index is 12.8. The zero-order chi connectivity index (χ0) is 26.1. The summed E-state index contributed by atoms with van der Waals surface area (Å²) in [6.07, 6.45) is 8.61. The number of fused-ring (bicyclic) bond motifs is 1. The monoisotopic (exact) mass is 517 g/mol. The molecule has 1 aliphatic rings. The molecule has 1 aromatic carbocycles. The summed E-state index contributed by atoms with van der Waals surface area (Å²) in [4.78, 5) is 31.8. The van der Waals surface area contributed by atoms with E-state index in [0.717, 1.165) is 42.6 Å². The van der Waals surface area contributed by atoms with Gasteiger partial charge < -0.3 is 19.3 Å². The molecule has 1 aliphatic carbocycles. The van der Waals surface area contributed by atoms with Gasteiger partial charge in [0.25, 0.3) is 0 Å². The highest BCUT2D eigenvalue weighted by molar-refractivity contribution is 7.99. The van der Waals surface area contributed by atoms with E-state index in [4.69, 9.17) is 9.72 Å². The van der Waals surface area contributed by atoms with Gasteiger partial charge in [-0.05, 0) is 49.1 Å². The van der Waals surface area contributed by atoms with Gasteiger partial charge in [0.2, 0.25) is 0 Å². The number of rotatable bonds is 12. The first kappa shape index (κ1) is 28.4. The van der Waals surface area contributed by atoms with Crippen LogP contribution in [0.2, 0.25) is 0 Å². The number of benzene rings is 1. The van der Waals surface area contributed by atoms with E-state index in [1.807, 2.05) is 54.5 Å². The van der Waals surface area contributed by atoms with E-state index in [2.05, 4.69) is 6.92 Å². The number of amides is 1. The van der Waals surface area contributed by atoms with Crippen LogP contribution in [0.3, 0.4) is 0 Å². The molecule has 1 N–H and O–H groups in total. The van der Waals surface area contributed by atoms with E-state index in [0.29, 0.717) is 24.2 Å².